The maximum Gasteiger partial charge on any atom is 0.228 e. The number of ether oxygens (including phenoxy) is 1. The van der Waals surface area contributed by atoms with Crippen LogP contribution in [-0.2, 0) is 9.53 Å². The molecule has 2 rings (SSSR count). The molecule has 3 heteroatoms. The molecule has 0 saturated carbocycles. The van der Waals surface area contributed by atoms with Gasteiger partial charge < -0.3 is 9.64 Å². The summed E-state index contributed by atoms with van der Waals surface area (Å²) < 4.78 is 5.86. The fourth-order valence-corrected chi connectivity index (χ4v) is 2.61. The molecule has 1 aromatic rings. The van der Waals surface area contributed by atoms with E-state index in [-0.39, 0.29) is 17.4 Å². The molecular weight excluding hydrogens is 262 g/mol. The van der Waals surface area contributed by atoms with Crippen molar-refractivity contribution in [1.29, 1.82) is 0 Å². The summed E-state index contributed by atoms with van der Waals surface area (Å²) in [5.41, 5.74) is 2.16. The predicted molar refractivity (Wildman–Crippen MR) is 85.3 cm³/mol. The lowest BCUT2D eigenvalue weighted by Gasteiger charge is -2.36. The fraction of sp³-hybridized carbons (Fsp3) is 0.611. The van der Waals surface area contributed by atoms with Gasteiger partial charge in [0.05, 0.1) is 13.2 Å². The Labute approximate surface area is 128 Å². The highest BCUT2D eigenvalue weighted by Gasteiger charge is 2.31. The molecule has 0 aliphatic carbocycles. The first-order valence-corrected chi connectivity index (χ1v) is 7.80. The van der Waals surface area contributed by atoms with Crippen molar-refractivity contribution in [2.75, 3.05) is 19.7 Å². The third-order valence-electron chi connectivity index (χ3n) is 3.97. The molecule has 1 aliphatic rings. The fourth-order valence-electron chi connectivity index (χ4n) is 2.61. The molecule has 1 aliphatic heterocycles. The minimum atomic E-state index is -0.330. The molecule has 1 unspecified atom stereocenters. The van der Waals surface area contributed by atoms with Gasteiger partial charge in [0.1, 0.15) is 6.10 Å². The van der Waals surface area contributed by atoms with E-state index >= 15 is 0 Å². The highest BCUT2D eigenvalue weighted by atomic mass is 16.5. The largest absolute Gasteiger partial charge is 0.370 e. The summed E-state index contributed by atoms with van der Waals surface area (Å²) in [7, 11) is 0. The van der Waals surface area contributed by atoms with E-state index in [1.54, 1.807) is 0 Å². The summed E-state index contributed by atoms with van der Waals surface area (Å²) in [6.07, 6.45) is -0.00809. The molecule has 21 heavy (non-hydrogen) atoms. The Morgan fingerprint density at radius 3 is 2.38 bits per heavy atom. The monoisotopic (exact) mass is 289 g/mol. The van der Waals surface area contributed by atoms with Crippen molar-refractivity contribution >= 4 is 5.91 Å². The third kappa shape index (κ3) is 3.85. The van der Waals surface area contributed by atoms with Gasteiger partial charge in [0.15, 0.2) is 0 Å². The van der Waals surface area contributed by atoms with E-state index in [1.807, 2.05) is 25.7 Å². The average molecular weight is 289 g/mol. The van der Waals surface area contributed by atoms with Gasteiger partial charge in [0, 0.05) is 12.0 Å². The molecule has 1 atom stereocenters. The van der Waals surface area contributed by atoms with Gasteiger partial charge in [-0.1, -0.05) is 58.9 Å². The Hall–Kier alpha value is -1.35. The van der Waals surface area contributed by atoms with Crippen molar-refractivity contribution in [3.8, 4) is 0 Å². The first-order valence-electron chi connectivity index (χ1n) is 7.80. The van der Waals surface area contributed by atoms with Crippen LogP contribution in [-0.4, -0.2) is 30.5 Å². The summed E-state index contributed by atoms with van der Waals surface area (Å²) in [6, 6.07) is 8.58. The second-order valence-electron chi connectivity index (χ2n) is 7.18. The zero-order chi connectivity index (χ0) is 15.6. The van der Waals surface area contributed by atoms with Crippen molar-refractivity contribution in [1.82, 2.24) is 4.90 Å². The summed E-state index contributed by atoms with van der Waals surface area (Å²) in [5, 5.41) is 0. The number of nitrogens with zero attached hydrogens (tertiary/aromatic N) is 1. The molecular formula is C18H27NO2. The second kappa shape index (κ2) is 6.18. The number of rotatable bonds is 2. The molecule has 0 N–H and O–H groups in total. The number of hydrogen-bond acceptors (Lipinski definition) is 2. The van der Waals surface area contributed by atoms with Crippen LogP contribution in [0.4, 0.5) is 0 Å². The van der Waals surface area contributed by atoms with Crippen LogP contribution in [0.1, 0.15) is 57.8 Å². The van der Waals surface area contributed by atoms with Crippen molar-refractivity contribution in [2.24, 2.45) is 5.41 Å². The first kappa shape index (κ1) is 16.0. The van der Waals surface area contributed by atoms with Crippen molar-refractivity contribution < 1.29 is 9.53 Å². The molecule has 116 valence electrons. The Morgan fingerprint density at radius 2 is 1.86 bits per heavy atom. The molecule has 0 aromatic heterocycles. The van der Waals surface area contributed by atoms with E-state index in [1.165, 1.54) is 5.56 Å². The molecule has 0 bridgehead atoms. The van der Waals surface area contributed by atoms with Crippen molar-refractivity contribution in [3.63, 3.8) is 0 Å². The normalized spacial score (nSPS) is 19.9. The summed E-state index contributed by atoms with van der Waals surface area (Å²) in [4.78, 5) is 14.3. The van der Waals surface area contributed by atoms with Gasteiger partial charge in [-0.15, -0.1) is 0 Å². The zero-order valence-corrected chi connectivity index (χ0v) is 13.8. The lowest BCUT2D eigenvalue weighted by molar-refractivity contribution is -0.147. The second-order valence-corrected chi connectivity index (χ2v) is 7.18. The SMILES string of the molecule is CC(C)c1ccc(C2CN(C(=O)C(C)(C)C)CCO2)cc1. The van der Waals surface area contributed by atoms with Gasteiger partial charge in [0.2, 0.25) is 5.91 Å². The van der Waals surface area contributed by atoms with E-state index in [0.717, 1.165) is 5.56 Å². The molecule has 1 fully saturated rings. The van der Waals surface area contributed by atoms with Crippen LogP contribution >= 0.6 is 0 Å². The minimum absolute atomic E-state index is 0.00809. The maximum absolute atomic E-state index is 12.4. The van der Waals surface area contributed by atoms with E-state index in [4.69, 9.17) is 4.74 Å². The highest BCUT2D eigenvalue weighted by molar-refractivity contribution is 5.81. The number of morpholine rings is 1. The lowest BCUT2D eigenvalue weighted by Crippen LogP contribution is -2.46. The summed E-state index contributed by atoms with van der Waals surface area (Å²) in [5.74, 6) is 0.736. The number of carbonyl (C=O) groups is 1. The van der Waals surface area contributed by atoms with Crippen molar-refractivity contribution in [3.05, 3.63) is 35.4 Å². The van der Waals surface area contributed by atoms with E-state index in [0.29, 0.717) is 25.6 Å². The topological polar surface area (TPSA) is 29.5 Å². The van der Waals surface area contributed by atoms with Crippen LogP contribution in [0.5, 0.6) is 0 Å². The molecule has 1 saturated heterocycles. The third-order valence-corrected chi connectivity index (χ3v) is 3.97. The number of benzene rings is 1. The van der Waals surface area contributed by atoms with Gasteiger partial charge >= 0.3 is 0 Å². The van der Waals surface area contributed by atoms with Gasteiger partial charge in [0.25, 0.3) is 0 Å². The smallest absolute Gasteiger partial charge is 0.228 e. The Bertz CT molecular complexity index is 485. The predicted octanol–water partition coefficient (Wildman–Crippen LogP) is 3.76. The standard InChI is InChI=1S/C18H27NO2/c1-13(2)14-6-8-15(9-7-14)16-12-19(10-11-21-16)17(20)18(3,4)5/h6-9,13,16H,10-12H2,1-5H3. The van der Waals surface area contributed by atoms with Crippen LogP contribution in [0.15, 0.2) is 24.3 Å². The Morgan fingerprint density at radius 1 is 1.24 bits per heavy atom. The van der Waals surface area contributed by atoms with E-state index in [9.17, 15) is 4.79 Å². The number of carbonyl (C=O) groups excluding carboxylic acids is 1. The average Bonchev–Trinajstić information content (AvgIpc) is 2.45. The van der Waals surface area contributed by atoms with Crippen LogP contribution in [0.25, 0.3) is 0 Å². The molecule has 0 spiro atoms. The molecule has 0 radical (unpaired) electrons. The van der Waals surface area contributed by atoms with Crippen LogP contribution < -0.4 is 0 Å². The quantitative estimate of drug-likeness (QED) is 0.829. The maximum atomic E-state index is 12.4. The Balaban J connectivity index is 2.09. The van der Waals surface area contributed by atoms with Crippen LogP contribution in [0.3, 0.4) is 0 Å². The van der Waals surface area contributed by atoms with Crippen LogP contribution in [0, 0.1) is 5.41 Å². The summed E-state index contributed by atoms with van der Waals surface area (Å²) in [6.45, 7) is 12.2. The van der Waals surface area contributed by atoms with Gasteiger partial charge in [-0.25, -0.2) is 0 Å². The zero-order valence-electron chi connectivity index (χ0n) is 13.8. The van der Waals surface area contributed by atoms with Gasteiger partial charge in [-0.3, -0.25) is 4.79 Å². The number of hydrogen-bond donors (Lipinski definition) is 0. The van der Waals surface area contributed by atoms with E-state index in [2.05, 4.69) is 38.1 Å². The van der Waals surface area contributed by atoms with Crippen molar-refractivity contribution in [2.45, 2.75) is 46.6 Å². The lowest BCUT2D eigenvalue weighted by atomic mass is 9.93. The minimum Gasteiger partial charge on any atom is -0.370 e. The molecule has 1 aromatic carbocycles. The Kier molecular flexibility index (Phi) is 4.72. The first-order chi connectivity index (χ1) is 9.79. The molecule has 1 heterocycles. The molecule has 1 amide bonds. The molecule has 3 nitrogen and oxygen atoms in total. The van der Waals surface area contributed by atoms with Crippen LogP contribution in [0.2, 0.25) is 0 Å². The van der Waals surface area contributed by atoms with Gasteiger partial charge in [-0.2, -0.15) is 0 Å². The van der Waals surface area contributed by atoms with Gasteiger partial charge in [-0.05, 0) is 17.0 Å². The number of amides is 1. The highest BCUT2D eigenvalue weighted by Crippen LogP contribution is 2.27. The van der Waals surface area contributed by atoms with E-state index < -0.39 is 0 Å². The summed E-state index contributed by atoms with van der Waals surface area (Å²) >= 11 is 0.